The molecule has 0 bridgehead atoms. The summed E-state index contributed by atoms with van der Waals surface area (Å²) in [5, 5.41) is 1.23. The lowest BCUT2D eigenvalue weighted by molar-refractivity contribution is -0.123. The molecule has 3 amide bonds. The van der Waals surface area contributed by atoms with Crippen LogP contribution in [0.4, 0.5) is 10.1 Å². The topological polar surface area (TPSA) is 79.0 Å². The Bertz CT molecular complexity index is 1300. The van der Waals surface area contributed by atoms with Crippen LogP contribution in [0.25, 0.3) is 0 Å². The van der Waals surface area contributed by atoms with Crippen LogP contribution in [-0.4, -0.2) is 35.4 Å². The van der Waals surface area contributed by atoms with E-state index in [4.69, 9.17) is 4.74 Å². The maximum absolute atomic E-state index is 13.6. The summed E-state index contributed by atoms with van der Waals surface area (Å²) in [7, 11) is 0. The second kappa shape index (κ2) is 9.24. The van der Waals surface area contributed by atoms with E-state index >= 15 is 0 Å². The first-order valence-electron chi connectivity index (χ1n) is 11.1. The Morgan fingerprint density at radius 2 is 1.74 bits per heavy atom. The SMILES string of the molecule is CCOc1ccc(N2C(=O)[C@@H]3[C@H](c4ccc(F)cc4)NN(C(=O)c4cccc(Br)c4)[C@H]3C2=O)cc1. The molecule has 2 aliphatic heterocycles. The Labute approximate surface area is 209 Å². The molecule has 2 saturated heterocycles. The number of anilines is 1. The molecule has 3 aromatic rings. The molecule has 9 heteroatoms. The van der Waals surface area contributed by atoms with Crippen LogP contribution in [0.2, 0.25) is 0 Å². The van der Waals surface area contributed by atoms with Gasteiger partial charge in [-0.3, -0.25) is 19.4 Å². The first-order chi connectivity index (χ1) is 16.9. The van der Waals surface area contributed by atoms with Gasteiger partial charge in [-0.25, -0.2) is 14.7 Å². The number of hydrogen-bond acceptors (Lipinski definition) is 5. The van der Waals surface area contributed by atoms with Crippen LogP contribution in [-0.2, 0) is 9.59 Å². The zero-order chi connectivity index (χ0) is 24.7. The number of hydrazine groups is 1. The van der Waals surface area contributed by atoms with Crippen LogP contribution in [0.15, 0.2) is 77.3 Å². The summed E-state index contributed by atoms with van der Waals surface area (Å²) in [5.41, 5.74) is 4.41. The van der Waals surface area contributed by atoms with Crippen molar-refractivity contribution in [3.8, 4) is 5.75 Å². The van der Waals surface area contributed by atoms with E-state index in [2.05, 4.69) is 21.4 Å². The highest BCUT2D eigenvalue weighted by Crippen LogP contribution is 2.42. The highest BCUT2D eigenvalue weighted by atomic mass is 79.9. The molecule has 3 atom stereocenters. The molecule has 0 unspecified atom stereocenters. The third-order valence-electron chi connectivity index (χ3n) is 6.16. The van der Waals surface area contributed by atoms with Gasteiger partial charge in [0.05, 0.1) is 24.3 Å². The predicted molar refractivity (Wildman–Crippen MR) is 130 cm³/mol. The number of halogens is 2. The van der Waals surface area contributed by atoms with Crippen molar-refractivity contribution in [2.45, 2.75) is 19.0 Å². The number of fused-ring (bicyclic) bond motifs is 1. The van der Waals surface area contributed by atoms with Gasteiger partial charge in [0.2, 0.25) is 5.91 Å². The molecule has 2 aliphatic rings. The third kappa shape index (κ3) is 4.11. The van der Waals surface area contributed by atoms with E-state index in [0.29, 0.717) is 33.6 Å². The monoisotopic (exact) mass is 537 g/mol. The van der Waals surface area contributed by atoms with Crippen molar-refractivity contribution in [3.63, 3.8) is 0 Å². The summed E-state index contributed by atoms with van der Waals surface area (Å²) >= 11 is 3.36. The first kappa shape index (κ1) is 23.2. The number of rotatable bonds is 5. The summed E-state index contributed by atoms with van der Waals surface area (Å²) < 4.78 is 19.8. The van der Waals surface area contributed by atoms with Gasteiger partial charge < -0.3 is 4.74 Å². The van der Waals surface area contributed by atoms with E-state index in [1.807, 2.05) is 6.92 Å². The Balaban J connectivity index is 1.54. The van der Waals surface area contributed by atoms with Gasteiger partial charge in [-0.05, 0) is 67.1 Å². The average molecular weight is 538 g/mol. The molecule has 35 heavy (non-hydrogen) atoms. The smallest absolute Gasteiger partial charge is 0.268 e. The third-order valence-corrected chi connectivity index (χ3v) is 6.65. The molecule has 0 spiro atoms. The molecule has 3 aromatic carbocycles. The molecule has 0 saturated carbocycles. The van der Waals surface area contributed by atoms with Crippen molar-refractivity contribution >= 4 is 39.3 Å². The standard InChI is InChI=1S/C26H21BrFN3O4/c1-2-35-20-12-10-19(11-13-20)30-25(33)21-22(15-6-8-18(28)9-7-15)29-31(23(21)26(30)34)24(32)16-4-3-5-17(27)14-16/h3-14,21-23,29H,2H2,1H3/t21-,22+,23-/m1/s1. The Hall–Kier alpha value is -3.56. The van der Waals surface area contributed by atoms with E-state index < -0.39 is 41.5 Å². The number of imide groups is 1. The van der Waals surface area contributed by atoms with Gasteiger partial charge in [0.15, 0.2) is 0 Å². The Kier molecular flexibility index (Phi) is 6.12. The Morgan fingerprint density at radius 1 is 1.03 bits per heavy atom. The van der Waals surface area contributed by atoms with Crippen LogP contribution in [0.3, 0.4) is 0 Å². The van der Waals surface area contributed by atoms with Crippen LogP contribution >= 0.6 is 15.9 Å². The number of carbonyl (C=O) groups excluding carboxylic acids is 3. The molecule has 0 radical (unpaired) electrons. The number of hydrogen-bond donors (Lipinski definition) is 1. The summed E-state index contributed by atoms with van der Waals surface area (Å²) in [6.45, 7) is 2.35. The lowest BCUT2D eigenvalue weighted by atomic mass is 9.91. The van der Waals surface area contributed by atoms with E-state index in [-0.39, 0.29) is 0 Å². The minimum Gasteiger partial charge on any atom is -0.494 e. The number of amides is 3. The minimum absolute atomic E-state index is 0.352. The number of benzene rings is 3. The summed E-state index contributed by atoms with van der Waals surface area (Å²) in [4.78, 5) is 41.8. The fraction of sp³-hybridized carbons (Fsp3) is 0.192. The van der Waals surface area contributed by atoms with Gasteiger partial charge >= 0.3 is 0 Å². The lowest BCUT2D eigenvalue weighted by Gasteiger charge is -2.25. The molecule has 1 N–H and O–H groups in total. The summed E-state index contributed by atoms with van der Waals surface area (Å²) in [6.07, 6.45) is 0. The van der Waals surface area contributed by atoms with Gasteiger partial charge in [0.25, 0.3) is 11.8 Å². The molecule has 2 heterocycles. The van der Waals surface area contributed by atoms with E-state index in [9.17, 15) is 18.8 Å². The van der Waals surface area contributed by atoms with Crippen molar-refractivity contribution in [2.24, 2.45) is 5.92 Å². The quantitative estimate of drug-likeness (QED) is 0.492. The molecule has 5 rings (SSSR count). The molecular weight excluding hydrogens is 517 g/mol. The number of nitrogens with zero attached hydrogens (tertiary/aromatic N) is 2. The number of carbonyl (C=O) groups is 3. The van der Waals surface area contributed by atoms with E-state index in [1.165, 1.54) is 17.1 Å². The molecule has 178 valence electrons. The lowest BCUT2D eigenvalue weighted by Crippen LogP contribution is -2.48. The molecule has 7 nitrogen and oxygen atoms in total. The second-order valence-corrected chi connectivity index (χ2v) is 9.17. The van der Waals surface area contributed by atoms with Crippen LogP contribution in [0.5, 0.6) is 5.75 Å². The second-order valence-electron chi connectivity index (χ2n) is 8.25. The summed E-state index contributed by atoms with van der Waals surface area (Å²) in [5.74, 6) is -2.07. The van der Waals surface area contributed by atoms with E-state index in [0.717, 1.165) is 4.90 Å². The van der Waals surface area contributed by atoms with Crippen molar-refractivity contribution in [1.29, 1.82) is 0 Å². The maximum Gasteiger partial charge on any atom is 0.268 e. The van der Waals surface area contributed by atoms with Gasteiger partial charge in [0, 0.05) is 10.0 Å². The zero-order valence-electron chi connectivity index (χ0n) is 18.7. The highest BCUT2D eigenvalue weighted by molar-refractivity contribution is 9.10. The van der Waals surface area contributed by atoms with E-state index in [1.54, 1.807) is 60.7 Å². The largest absolute Gasteiger partial charge is 0.494 e. The molecule has 0 aliphatic carbocycles. The predicted octanol–water partition coefficient (Wildman–Crippen LogP) is 4.25. The van der Waals surface area contributed by atoms with Crippen molar-refractivity contribution < 1.29 is 23.5 Å². The van der Waals surface area contributed by atoms with Crippen molar-refractivity contribution in [1.82, 2.24) is 10.4 Å². The van der Waals surface area contributed by atoms with Crippen LogP contribution < -0.4 is 15.1 Å². The van der Waals surface area contributed by atoms with Gasteiger partial charge in [-0.15, -0.1) is 0 Å². The van der Waals surface area contributed by atoms with Crippen LogP contribution in [0.1, 0.15) is 28.9 Å². The fourth-order valence-corrected chi connectivity index (χ4v) is 4.99. The molecular formula is C26H21BrFN3O4. The van der Waals surface area contributed by atoms with Gasteiger partial charge in [-0.1, -0.05) is 34.1 Å². The number of nitrogens with one attached hydrogen (secondary N) is 1. The maximum atomic E-state index is 13.6. The summed E-state index contributed by atoms with van der Waals surface area (Å²) in [6, 6.07) is 17.4. The molecule has 0 aromatic heterocycles. The Morgan fingerprint density at radius 3 is 2.40 bits per heavy atom. The average Bonchev–Trinajstić information content (AvgIpc) is 3.37. The highest BCUT2D eigenvalue weighted by Gasteiger charge is 2.60. The van der Waals surface area contributed by atoms with Gasteiger partial charge in [-0.2, -0.15) is 0 Å². The fourth-order valence-electron chi connectivity index (χ4n) is 4.60. The first-order valence-corrected chi connectivity index (χ1v) is 11.9. The molecule has 2 fully saturated rings. The van der Waals surface area contributed by atoms with Crippen molar-refractivity contribution in [3.05, 3.63) is 94.2 Å². The van der Waals surface area contributed by atoms with Crippen LogP contribution in [0, 0.1) is 11.7 Å². The normalized spacial score (nSPS) is 21.4. The van der Waals surface area contributed by atoms with Gasteiger partial charge in [0.1, 0.15) is 17.6 Å². The zero-order valence-corrected chi connectivity index (χ0v) is 20.2. The van der Waals surface area contributed by atoms with Crippen molar-refractivity contribution in [2.75, 3.05) is 11.5 Å². The number of ether oxygens (including phenoxy) is 1. The minimum atomic E-state index is -1.06.